The van der Waals surface area contributed by atoms with E-state index in [4.69, 9.17) is 37.6 Å². The second kappa shape index (κ2) is 13.5. The Hall–Kier alpha value is -2.41. The van der Waals surface area contributed by atoms with Crippen molar-refractivity contribution in [3.63, 3.8) is 0 Å². The summed E-state index contributed by atoms with van der Waals surface area (Å²) in [5, 5.41) is 2.47. The first-order chi connectivity index (χ1) is 24.1. The second-order valence-electron chi connectivity index (χ2n) is 16.0. The lowest BCUT2D eigenvalue weighted by atomic mass is 9.82. The molecule has 0 radical (unpaired) electrons. The lowest BCUT2D eigenvalue weighted by molar-refractivity contribution is -0.372. The van der Waals surface area contributed by atoms with Crippen LogP contribution in [0.3, 0.4) is 0 Å². The molecular weight excluding hydrogens is 653 g/mol. The zero-order valence-corrected chi connectivity index (χ0v) is 30.8. The van der Waals surface area contributed by atoms with Gasteiger partial charge in [0.25, 0.3) is 8.32 Å². The summed E-state index contributed by atoms with van der Waals surface area (Å²) >= 11 is 0. The molecule has 10 heteroatoms. The molecule has 11 atom stereocenters. The molecule has 2 aromatic rings. The topological polar surface area (TPSA) is 90.9 Å². The van der Waals surface area contributed by atoms with Crippen molar-refractivity contribution in [2.24, 2.45) is 0 Å². The van der Waals surface area contributed by atoms with E-state index in [1.165, 1.54) is 17.5 Å². The molecule has 0 N–H and O–H groups in total. The van der Waals surface area contributed by atoms with Gasteiger partial charge in [-0.2, -0.15) is 0 Å². The van der Waals surface area contributed by atoms with Crippen molar-refractivity contribution in [2.75, 3.05) is 13.7 Å². The van der Waals surface area contributed by atoms with Crippen molar-refractivity contribution in [3.05, 3.63) is 72.8 Å². The number of carbonyl (C=O) groups excluding carboxylic acids is 1. The Morgan fingerprint density at radius 2 is 1.54 bits per heavy atom. The Kier molecular flexibility index (Phi) is 9.38. The predicted molar refractivity (Wildman–Crippen MR) is 189 cm³/mol. The van der Waals surface area contributed by atoms with Gasteiger partial charge in [-0.05, 0) is 53.1 Å². The lowest BCUT2D eigenvalue weighted by Gasteiger charge is -2.55. The Morgan fingerprint density at radius 3 is 2.22 bits per heavy atom. The van der Waals surface area contributed by atoms with Crippen molar-refractivity contribution >= 4 is 24.7 Å². The summed E-state index contributed by atoms with van der Waals surface area (Å²) in [7, 11) is -1.22. The van der Waals surface area contributed by atoms with Crippen LogP contribution in [0.4, 0.5) is 0 Å². The van der Waals surface area contributed by atoms with Gasteiger partial charge < -0.3 is 37.6 Å². The van der Waals surface area contributed by atoms with Crippen LogP contribution < -0.4 is 10.4 Å². The van der Waals surface area contributed by atoms with Gasteiger partial charge in [0, 0.05) is 19.4 Å². The van der Waals surface area contributed by atoms with Crippen LogP contribution in [0.1, 0.15) is 72.1 Å². The van der Waals surface area contributed by atoms with E-state index in [1.54, 1.807) is 0 Å². The summed E-state index contributed by atoms with van der Waals surface area (Å²) in [5.74, 6) is -1.14. The lowest BCUT2D eigenvalue weighted by Crippen LogP contribution is -2.70. The van der Waals surface area contributed by atoms with Crippen molar-refractivity contribution in [1.82, 2.24) is 0 Å². The zero-order chi connectivity index (χ0) is 34.7. The minimum Gasteiger partial charge on any atom is -0.469 e. The maximum atomic E-state index is 12.0. The van der Waals surface area contributed by atoms with Crippen molar-refractivity contribution in [2.45, 2.75) is 144 Å². The number of hydrogen-bond acceptors (Lipinski definition) is 9. The Bertz CT molecular complexity index is 1490. The average molecular weight is 705 g/mol. The summed E-state index contributed by atoms with van der Waals surface area (Å²) < 4.78 is 52.1. The van der Waals surface area contributed by atoms with Crippen LogP contribution in [0.2, 0.25) is 5.04 Å². The molecule has 2 aromatic carbocycles. The third-order valence-electron chi connectivity index (χ3n) is 12.0. The molecule has 270 valence electrons. The number of methoxy groups -OCH3 is 1. The van der Waals surface area contributed by atoms with E-state index >= 15 is 0 Å². The molecule has 0 aliphatic carbocycles. The third-order valence-corrected chi connectivity index (χ3v) is 17.0. The van der Waals surface area contributed by atoms with Gasteiger partial charge in [0.2, 0.25) is 0 Å². The molecule has 3 bridgehead atoms. The molecule has 50 heavy (non-hydrogen) atoms. The average Bonchev–Trinajstić information content (AvgIpc) is 3.61. The first-order valence-electron chi connectivity index (χ1n) is 18.6. The van der Waals surface area contributed by atoms with Crippen LogP contribution in [0, 0.1) is 0 Å². The highest BCUT2D eigenvalue weighted by Gasteiger charge is 2.69. The van der Waals surface area contributed by atoms with Crippen molar-refractivity contribution < 1.29 is 42.4 Å². The molecule has 6 aliphatic rings. The maximum Gasteiger partial charge on any atom is 0.308 e. The monoisotopic (exact) mass is 704 g/mol. The fourth-order valence-corrected chi connectivity index (χ4v) is 14.2. The Morgan fingerprint density at radius 1 is 0.840 bits per heavy atom. The highest BCUT2D eigenvalue weighted by atomic mass is 28.4. The Balaban J connectivity index is 0.919. The number of benzene rings is 2. The van der Waals surface area contributed by atoms with Crippen LogP contribution in [0.25, 0.3) is 0 Å². The SMILES string of the molecule is C=C1C[C@H](CC[C@@]23O[C@H]4CC2OC2[C@@H](O3)[C@H]3O[C@@H](CC(=O)OC)CC[C@@H]3O[C@H]24)O[C@H]1CCO[Si](c1ccccc1)(c1ccccc1)C(C)(C)C. The van der Waals surface area contributed by atoms with Crippen LogP contribution in [0.15, 0.2) is 72.8 Å². The molecule has 0 amide bonds. The standard InChI is InChI=1S/C40H52O9Si/c1-25-22-27(44-30(25)19-21-43-50(39(2,3)4,28-12-8-6-9-13-28)29-14-10-7-11-15-29)18-20-40-33-24-32(48-40)36-37(47-33)38(49-40)35-31(46-36)17-16-26(45-35)23-34(41)42-5/h6-15,26-27,30-33,35-38H,1,16-24H2,2-5H3/t26-,27+,30+,31+,32+,33?,35+,36+,37?,38+,40+/m1/s1. The van der Waals surface area contributed by atoms with Gasteiger partial charge in [-0.3, -0.25) is 4.79 Å². The van der Waals surface area contributed by atoms with E-state index < -0.39 is 14.1 Å². The summed E-state index contributed by atoms with van der Waals surface area (Å²) in [6, 6.07) is 21.5. The van der Waals surface area contributed by atoms with Crippen LogP contribution in [-0.2, 0) is 42.4 Å². The second-order valence-corrected chi connectivity index (χ2v) is 20.3. The molecule has 6 heterocycles. The van der Waals surface area contributed by atoms with Gasteiger partial charge in [-0.25, -0.2) is 0 Å². The van der Waals surface area contributed by atoms with Gasteiger partial charge in [0.15, 0.2) is 5.79 Å². The number of esters is 1. The normalized spacial score (nSPS) is 37.5. The quantitative estimate of drug-likeness (QED) is 0.183. The number of fused-ring (bicyclic) bond motifs is 4. The molecule has 0 saturated carbocycles. The number of rotatable bonds is 11. The molecule has 2 unspecified atom stereocenters. The van der Waals surface area contributed by atoms with E-state index in [9.17, 15) is 4.79 Å². The van der Waals surface area contributed by atoms with Gasteiger partial charge in [-0.1, -0.05) is 88.0 Å². The molecule has 6 aliphatic heterocycles. The van der Waals surface area contributed by atoms with E-state index in [2.05, 4.69) is 88.0 Å². The molecule has 9 nitrogen and oxygen atoms in total. The molecule has 0 aromatic heterocycles. The van der Waals surface area contributed by atoms with Gasteiger partial charge >= 0.3 is 5.97 Å². The number of carbonyl (C=O) groups is 1. The summed E-state index contributed by atoms with van der Waals surface area (Å²) in [6.07, 6.45) is 3.84. The largest absolute Gasteiger partial charge is 0.469 e. The number of hydrogen-bond donors (Lipinski definition) is 0. The molecule has 6 fully saturated rings. The molecule has 6 saturated heterocycles. The minimum absolute atomic E-state index is 0.0128. The predicted octanol–water partition coefficient (Wildman–Crippen LogP) is 4.98. The minimum atomic E-state index is -2.63. The summed E-state index contributed by atoms with van der Waals surface area (Å²) in [6.45, 7) is 11.9. The van der Waals surface area contributed by atoms with E-state index in [0.29, 0.717) is 13.0 Å². The maximum absolute atomic E-state index is 12.0. The van der Waals surface area contributed by atoms with E-state index in [-0.39, 0.29) is 78.5 Å². The van der Waals surface area contributed by atoms with Crippen molar-refractivity contribution in [3.8, 4) is 0 Å². The molecular formula is C40H52O9Si. The highest BCUT2D eigenvalue weighted by Crippen LogP contribution is 2.54. The highest BCUT2D eigenvalue weighted by molar-refractivity contribution is 6.99. The third kappa shape index (κ3) is 6.03. The van der Waals surface area contributed by atoms with Crippen LogP contribution >= 0.6 is 0 Å². The fraction of sp³-hybridized carbons (Fsp3) is 0.625. The molecule has 8 rings (SSSR count). The fourth-order valence-electron chi connectivity index (χ4n) is 9.61. The van der Waals surface area contributed by atoms with Crippen molar-refractivity contribution in [1.29, 1.82) is 0 Å². The van der Waals surface area contributed by atoms with Gasteiger partial charge in [0.1, 0.15) is 30.5 Å². The van der Waals surface area contributed by atoms with E-state index in [0.717, 1.165) is 44.1 Å². The smallest absolute Gasteiger partial charge is 0.308 e. The number of ether oxygens (including phenoxy) is 7. The zero-order valence-electron chi connectivity index (χ0n) is 29.8. The van der Waals surface area contributed by atoms with Gasteiger partial charge in [0.05, 0.1) is 44.1 Å². The van der Waals surface area contributed by atoms with E-state index in [1.807, 2.05) is 0 Å². The first kappa shape index (κ1) is 34.7. The van der Waals surface area contributed by atoms with Crippen LogP contribution in [0.5, 0.6) is 0 Å². The summed E-state index contributed by atoms with van der Waals surface area (Å²) in [5.41, 5.74) is 1.12. The Labute approximate surface area is 297 Å². The first-order valence-corrected chi connectivity index (χ1v) is 20.5. The molecule has 0 spiro atoms. The summed E-state index contributed by atoms with van der Waals surface area (Å²) in [4.78, 5) is 12.0. The van der Waals surface area contributed by atoms with Crippen LogP contribution in [-0.4, -0.2) is 94.8 Å². The van der Waals surface area contributed by atoms with Gasteiger partial charge in [-0.15, -0.1) is 0 Å².